The van der Waals surface area contributed by atoms with Gasteiger partial charge in [0.25, 0.3) is 0 Å². The minimum atomic E-state index is 0.526. The minimum absolute atomic E-state index is 0.526. The van der Waals surface area contributed by atoms with Crippen molar-refractivity contribution in [2.45, 2.75) is 0 Å². The second-order valence-electron chi connectivity index (χ2n) is 19.1. The molecular weight excluding hydrogens is 913 g/mol. The number of hydrogen-bond donors (Lipinski definition) is 0. The maximum absolute atomic E-state index is 5.57. The molecule has 0 radical (unpaired) electrons. The van der Waals surface area contributed by atoms with Gasteiger partial charge in [-0.2, -0.15) is 9.97 Å². The lowest BCUT2D eigenvalue weighted by atomic mass is 9.98. The molecule has 0 aliphatic carbocycles. The Labute approximate surface area is 432 Å². The quantitative estimate of drug-likeness (QED) is 0.152. The van der Waals surface area contributed by atoms with Crippen LogP contribution in [0.2, 0.25) is 0 Å². The van der Waals surface area contributed by atoms with Gasteiger partial charge in [-0.15, -0.1) is 0 Å². The van der Waals surface area contributed by atoms with Gasteiger partial charge >= 0.3 is 0 Å². The third-order valence-corrected chi connectivity index (χ3v) is 14.9. The van der Waals surface area contributed by atoms with Crippen LogP contribution in [0.1, 0.15) is 0 Å². The van der Waals surface area contributed by atoms with Crippen molar-refractivity contribution < 1.29 is 0 Å². The van der Waals surface area contributed by atoms with Crippen molar-refractivity contribution in [3.8, 4) is 73.5 Å². The molecule has 0 N–H and O–H groups in total. The summed E-state index contributed by atoms with van der Waals surface area (Å²) in [7, 11) is 0. The third kappa shape index (κ3) is 6.84. The lowest BCUT2D eigenvalue weighted by Gasteiger charge is -2.17. The van der Waals surface area contributed by atoms with Crippen LogP contribution in [0.25, 0.3) is 139 Å². The molecule has 0 spiro atoms. The zero-order valence-corrected chi connectivity index (χ0v) is 40.6. The number of aromatic nitrogens is 6. The molecule has 0 amide bonds. The Bertz CT molecular complexity index is 4630. The van der Waals surface area contributed by atoms with E-state index in [2.05, 4.69) is 262 Å². The molecule has 0 unspecified atom stereocenters. The maximum atomic E-state index is 5.57. The summed E-state index contributed by atoms with van der Waals surface area (Å²) in [5.74, 6) is 1.70. The van der Waals surface area contributed by atoms with Crippen molar-refractivity contribution in [3.63, 3.8) is 0 Å². The van der Waals surface area contributed by atoms with E-state index in [1.54, 1.807) is 0 Å². The van der Waals surface area contributed by atoms with Crippen molar-refractivity contribution in [2.24, 2.45) is 0 Å². The van der Waals surface area contributed by atoms with E-state index in [0.29, 0.717) is 17.6 Å². The summed E-state index contributed by atoms with van der Waals surface area (Å²) >= 11 is 0. The first-order chi connectivity index (χ1) is 37.2. The van der Waals surface area contributed by atoms with Crippen molar-refractivity contribution in [1.82, 2.24) is 28.7 Å². The topological polar surface area (TPSA) is 53.5 Å². The number of benzene rings is 11. The van der Waals surface area contributed by atoms with Crippen LogP contribution >= 0.6 is 0 Å². The van der Waals surface area contributed by atoms with Crippen molar-refractivity contribution in [1.29, 1.82) is 0 Å². The summed E-state index contributed by atoms with van der Waals surface area (Å²) in [5.41, 5.74) is 17.2. The number of rotatable bonds is 8. The Kier molecular flexibility index (Phi) is 9.78. The van der Waals surface area contributed by atoms with Crippen molar-refractivity contribution in [3.05, 3.63) is 267 Å². The first-order valence-corrected chi connectivity index (χ1v) is 25.4. The van der Waals surface area contributed by atoms with E-state index in [9.17, 15) is 0 Å². The highest BCUT2D eigenvalue weighted by molar-refractivity contribution is 6.27. The standard InChI is InChI=1S/C69H44N6/c1-4-21-45(22-5-1)50-27-20-28-51(43-50)46-39-41-49(42-40-46)68-70-67(48-25-8-3-9-26-48)71-69(72-68)75-62-38-19-14-33-56(62)64-63(73-59-35-16-11-30-53(59)54-31-12-17-36-60(54)73)44-57-55-32-13-18-37-61(55)74(65(57)66(64)75)58-34-15-10-29-52(58)47-23-6-2-7-24-47/h1-44H. The van der Waals surface area contributed by atoms with E-state index in [-0.39, 0.29) is 0 Å². The van der Waals surface area contributed by atoms with Gasteiger partial charge in [0.05, 0.1) is 44.5 Å². The monoisotopic (exact) mass is 956 g/mol. The van der Waals surface area contributed by atoms with Gasteiger partial charge in [-0.05, 0) is 70.3 Å². The minimum Gasteiger partial charge on any atom is -0.309 e. The van der Waals surface area contributed by atoms with Crippen LogP contribution in [0.15, 0.2) is 267 Å². The molecule has 0 aliphatic rings. The van der Waals surface area contributed by atoms with E-state index in [1.165, 1.54) is 21.9 Å². The summed E-state index contributed by atoms with van der Waals surface area (Å²) in [4.78, 5) is 16.4. The fourth-order valence-electron chi connectivity index (χ4n) is 11.6. The van der Waals surface area contributed by atoms with Crippen LogP contribution in [-0.2, 0) is 0 Å². The van der Waals surface area contributed by atoms with Gasteiger partial charge in [0.1, 0.15) is 0 Å². The predicted molar refractivity (Wildman–Crippen MR) is 310 cm³/mol. The fraction of sp³-hybridized carbons (Fsp3) is 0. The zero-order valence-electron chi connectivity index (χ0n) is 40.6. The van der Waals surface area contributed by atoms with Crippen LogP contribution in [0.4, 0.5) is 0 Å². The highest BCUT2D eigenvalue weighted by Crippen LogP contribution is 2.47. The first-order valence-electron chi connectivity index (χ1n) is 25.4. The van der Waals surface area contributed by atoms with Crippen LogP contribution in [0.3, 0.4) is 0 Å². The van der Waals surface area contributed by atoms with Gasteiger partial charge < -0.3 is 9.13 Å². The van der Waals surface area contributed by atoms with Crippen LogP contribution in [-0.4, -0.2) is 28.7 Å². The summed E-state index contributed by atoms with van der Waals surface area (Å²) < 4.78 is 7.26. The third-order valence-electron chi connectivity index (χ3n) is 14.9. The van der Waals surface area contributed by atoms with Crippen LogP contribution in [0, 0.1) is 0 Å². The van der Waals surface area contributed by atoms with E-state index in [1.807, 2.05) is 18.2 Å². The summed E-state index contributed by atoms with van der Waals surface area (Å²) in [6.07, 6.45) is 0. The van der Waals surface area contributed by atoms with Gasteiger partial charge in [0.15, 0.2) is 11.6 Å². The molecule has 15 aromatic rings. The van der Waals surface area contributed by atoms with Crippen LogP contribution < -0.4 is 0 Å². The Morgan fingerprint density at radius 1 is 0.240 bits per heavy atom. The van der Waals surface area contributed by atoms with E-state index in [4.69, 9.17) is 15.0 Å². The molecule has 0 atom stereocenters. The molecule has 350 valence electrons. The molecule has 0 saturated carbocycles. The number of fused-ring (bicyclic) bond motifs is 10. The van der Waals surface area contributed by atoms with Crippen LogP contribution in [0.5, 0.6) is 0 Å². The molecule has 11 aromatic carbocycles. The highest BCUT2D eigenvalue weighted by atomic mass is 15.2. The number of nitrogens with zero attached hydrogens (tertiary/aromatic N) is 6. The molecule has 4 heterocycles. The Morgan fingerprint density at radius 2 is 0.667 bits per heavy atom. The highest BCUT2D eigenvalue weighted by Gasteiger charge is 2.28. The zero-order chi connectivity index (χ0) is 49.4. The van der Waals surface area contributed by atoms with E-state index < -0.39 is 0 Å². The summed E-state index contributed by atoms with van der Waals surface area (Å²) in [5, 5.41) is 6.85. The second-order valence-corrected chi connectivity index (χ2v) is 19.1. The fourth-order valence-corrected chi connectivity index (χ4v) is 11.6. The van der Waals surface area contributed by atoms with Crippen molar-refractivity contribution >= 4 is 65.4 Å². The molecule has 0 saturated heterocycles. The smallest absolute Gasteiger partial charge is 0.238 e. The molecule has 0 aliphatic heterocycles. The number of hydrogen-bond acceptors (Lipinski definition) is 3. The second kappa shape index (κ2) is 17.3. The molecule has 4 aromatic heterocycles. The van der Waals surface area contributed by atoms with Gasteiger partial charge in [-0.1, -0.05) is 224 Å². The van der Waals surface area contributed by atoms with E-state index in [0.717, 1.165) is 99.4 Å². The lowest BCUT2D eigenvalue weighted by molar-refractivity contribution is 0.953. The summed E-state index contributed by atoms with van der Waals surface area (Å²) in [6.45, 7) is 0. The lowest BCUT2D eigenvalue weighted by Crippen LogP contribution is -2.08. The summed E-state index contributed by atoms with van der Waals surface area (Å²) in [6, 6.07) is 95.2. The molecule has 6 nitrogen and oxygen atoms in total. The molecule has 0 fully saturated rings. The normalized spacial score (nSPS) is 11.7. The predicted octanol–water partition coefficient (Wildman–Crippen LogP) is 17.5. The Morgan fingerprint density at radius 3 is 1.28 bits per heavy atom. The van der Waals surface area contributed by atoms with Crippen molar-refractivity contribution in [2.75, 3.05) is 0 Å². The molecular formula is C69H44N6. The molecule has 75 heavy (non-hydrogen) atoms. The molecule has 6 heteroatoms. The van der Waals surface area contributed by atoms with Gasteiger partial charge in [-0.25, -0.2) is 4.98 Å². The Balaban J connectivity index is 1.06. The van der Waals surface area contributed by atoms with E-state index >= 15 is 0 Å². The van der Waals surface area contributed by atoms with Gasteiger partial charge in [-0.3, -0.25) is 4.57 Å². The molecule has 15 rings (SSSR count). The largest absolute Gasteiger partial charge is 0.309 e. The average molecular weight is 957 g/mol. The van der Waals surface area contributed by atoms with Gasteiger partial charge in [0.2, 0.25) is 5.95 Å². The number of para-hydroxylation sites is 5. The Hall–Kier alpha value is -10.2. The van der Waals surface area contributed by atoms with Gasteiger partial charge in [0, 0.05) is 49.0 Å². The average Bonchev–Trinajstić information content (AvgIpc) is 4.29. The SMILES string of the molecule is c1ccc(-c2cccc(-c3ccc(-c4nc(-c5ccccc5)nc(-n5c6ccccc6c6c(-n7c8ccccc8c8ccccc87)cc7c8ccccc8n(-c8ccccc8-c8ccccc8)c7c65)n4)cc3)c2)cc1. The maximum Gasteiger partial charge on any atom is 0.238 e. The first kappa shape index (κ1) is 42.5. The molecule has 0 bridgehead atoms.